The van der Waals surface area contributed by atoms with Crippen LogP contribution in [0.1, 0.15) is 12.8 Å². The van der Waals surface area contributed by atoms with Crippen LogP contribution in [-0.2, 0) is 4.79 Å². The first-order valence-electron chi connectivity index (χ1n) is 6.00. The van der Waals surface area contributed by atoms with Gasteiger partial charge < -0.3 is 15.3 Å². The molecule has 0 aromatic rings. The van der Waals surface area contributed by atoms with Crippen LogP contribution < -0.4 is 0 Å². The van der Waals surface area contributed by atoms with Crippen molar-refractivity contribution in [1.29, 1.82) is 0 Å². The smallest absolute Gasteiger partial charge is 0.408 e. The molecule has 7 heteroatoms. The molecule has 1 saturated heterocycles. The zero-order chi connectivity index (χ0) is 14.1. The summed E-state index contributed by atoms with van der Waals surface area (Å²) >= 11 is 0. The number of nitrogens with zero attached hydrogens (tertiary/aromatic N) is 1. The second-order valence-electron chi connectivity index (χ2n) is 6.15. The molecule has 1 heterocycles. The molecule has 6 nitrogen and oxygen atoms in total. The molecule has 0 bridgehead atoms. The minimum atomic E-state index is -1.47. The molecule has 2 atom stereocenters. The van der Waals surface area contributed by atoms with Crippen LogP contribution >= 0.6 is 0 Å². The fraction of sp³-hybridized carbons (Fsp3) is 0.818. The van der Waals surface area contributed by atoms with E-state index in [0.717, 1.165) is 10.9 Å². The number of likely N-dealkylation sites (tertiary alicyclic amines) is 1. The number of aliphatic carboxylic acids is 1. The van der Waals surface area contributed by atoms with Crippen LogP contribution in [0.25, 0.3) is 0 Å². The molecule has 0 aromatic heterocycles. The average molecular weight is 275 g/mol. The van der Waals surface area contributed by atoms with Crippen molar-refractivity contribution in [2.45, 2.75) is 50.2 Å². The fourth-order valence-electron chi connectivity index (χ4n) is 2.34. The van der Waals surface area contributed by atoms with Crippen molar-refractivity contribution < 1.29 is 24.9 Å². The Bertz CT molecular complexity index is 354. The zero-order valence-electron chi connectivity index (χ0n) is 11.0. The van der Waals surface area contributed by atoms with Gasteiger partial charge in [0.1, 0.15) is 5.54 Å². The van der Waals surface area contributed by atoms with E-state index in [-0.39, 0.29) is 19.4 Å². The van der Waals surface area contributed by atoms with Crippen molar-refractivity contribution in [3.05, 3.63) is 0 Å². The second kappa shape index (κ2) is 4.89. The van der Waals surface area contributed by atoms with Crippen LogP contribution in [0.4, 0.5) is 4.79 Å². The molecule has 1 aliphatic rings. The normalized spacial score (nSPS) is 28.4. The van der Waals surface area contributed by atoms with Crippen molar-refractivity contribution in [3.8, 4) is 0 Å². The van der Waals surface area contributed by atoms with Crippen LogP contribution in [0.3, 0.4) is 0 Å². The lowest BCUT2D eigenvalue weighted by atomic mass is 9.92. The van der Waals surface area contributed by atoms with Crippen molar-refractivity contribution in [3.63, 3.8) is 0 Å². The largest absolute Gasteiger partial charge is 0.479 e. The molecule has 1 amide bonds. The Kier molecular flexibility index (Phi) is 4.07. The molecule has 0 spiro atoms. The van der Waals surface area contributed by atoms with Crippen molar-refractivity contribution in [2.75, 3.05) is 6.54 Å². The van der Waals surface area contributed by atoms with Crippen LogP contribution in [0.5, 0.6) is 0 Å². The highest BCUT2D eigenvalue weighted by molar-refractivity contribution is 6.76. The minimum Gasteiger partial charge on any atom is -0.479 e. The fourth-order valence-corrected chi connectivity index (χ4v) is 3.50. The van der Waals surface area contributed by atoms with E-state index < -0.39 is 31.8 Å². The molecule has 1 aliphatic heterocycles. The summed E-state index contributed by atoms with van der Waals surface area (Å²) in [6.45, 7) is 6.21. The lowest BCUT2D eigenvalue weighted by Crippen LogP contribution is -2.53. The second-order valence-corrected chi connectivity index (χ2v) is 11.8. The number of aliphatic hydroxyl groups excluding tert-OH is 1. The van der Waals surface area contributed by atoms with Crippen LogP contribution in [0.2, 0.25) is 25.7 Å². The molecule has 2 unspecified atom stereocenters. The average Bonchev–Trinajstić information content (AvgIpc) is 2.53. The summed E-state index contributed by atoms with van der Waals surface area (Å²) in [5.41, 5.74) is -1.45. The van der Waals surface area contributed by atoms with Crippen molar-refractivity contribution in [2.24, 2.45) is 0 Å². The highest BCUT2D eigenvalue weighted by Crippen LogP contribution is 2.36. The Morgan fingerprint density at radius 1 is 1.33 bits per heavy atom. The maximum Gasteiger partial charge on any atom is 0.408 e. The number of rotatable bonds is 4. The first-order valence-corrected chi connectivity index (χ1v) is 9.71. The van der Waals surface area contributed by atoms with E-state index in [2.05, 4.69) is 19.6 Å². The third-order valence-electron chi connectivity index (χ3n) is 3.40. The zero-order valence-corrected chi connectivity index (χ0v) is 12.0. The summed E-state index contributed by atoms with van der Waals surface area (Å²) < 4.78 is 0. The predicted molar refractivity (Wildman–Crippen MR) is 68.5 cm³/mol. The monoisotopic (exact) mass is 275 g/mol. The van der Waals surface area contributed by atoms with Gasteiger partial charge in [-0.05, 0) is 6.42 Å². The molecule has 18 heavy (non-hydrogen) atoms. The van der Waals surface area contributed by atoms with E-state index in [4.69, 9.17) is 5.11 Å². The summed E-state index contributed by atoms with van der Waals surface area (Å²) in [5.74, 6) is -1.15. The van der Waals surface area contributed by atoms with Crippen LogP contribution in [0.15, 0.2) is 0 Å². The standard InChI is InChI=1S/C11H21NO5Si/c1-18(2,3)5-4-11(9(14)15)6-8(13)7-12(11)10(16)17/h8,13H,4-7H2,1-3H3,(H,14,15)(H,16,17). The van der Waals surface area contributed by atoms with E-state index in [9.17, 15) is 19.8 Å². The number of amides is 1. The van der Waals surface area contributed by atoms with Gasteiger partial charge in [-0.3, -0.25) is 4.90 Å². The number of carboxylic acids is 1. The molecular weight excluding hydrogens is 254 g/mol. The van der Waals surface area contributed by atoms with Crippen LogP contribution in [0, 0.1) is 0 Å². The maximum absolute atomic E-state index is 11.5. The summed E-state index contributed by atoms with van der Waals surface area (Å²) in [4.78, 5) is 23.5. The number of aliphatic hydroxyl groups is 1. The number of hydrogen-bond donors (Lipinski definition) is 3. The van der Waals surface area contributed by atoms with Gasteiger partial charge in [-0.25, -0.2) is 9.59 Å². The Morgan fingerprint density at radius 2 is 1.89 bits per heavy atom. The van der Waals surface area contributed by atoms with E-state index in [1.807, 2.05) is 0 Å². The third-order valence-corrected chi connectivity index (χ3v) is 5.15. The Hall–Kier alpha value is -1.08. The quantitative estimate of drug-likeness (QED) is 0.671. The Morgan fingerprint density at radius 3 is 2.28 bits per heavy atom. The molecule has 0 aromatic carbocycles. The third kappa shape index (κ3) is 3.02. The first-order chi connectivity index (χ1) is 8.08. The predicted octanol–water partition coefficient (Wildman–Crippen LogP) is 1.28. The van der Waals surface area contributed by atoms with Gasteiger partial charge in [-0.2, -0.15) is 0 Å². The molecule has 1 rings (SSSR count). The van der Waals surface area contributed by atoms with Gasteiger partial charge in [0.25, 0.3) is 0 Å². The molecule has 1 fully saturated rings. The molecule has 0 saturated carbocycles. The molecule has 0 radical (unpaired) electrons. The summed E-state index contributed by atoms with van der Waals surface area (Å²) in [7, 11) is -1.47. The van der Waals surface area contributed by atoms with Gasteiger partial charge in [-0.15, -0.1) is 0 Å². The lowest BCUT2D eigenvalue weighted by molar-refractivity contribution is -0.149. The van der Waals surface area contributed by atoms with E-state index in [1.165, 1.54) is 0 Å². The molecule has 0 aliphatic carbocycles. The van der Waals surface area contributed by atoms with E-state index in [0.29, 0.717) is 0 Å². The van der Waals surface area contributed by atoms with Crippen molar-refractivity contribution in [1.82, 2.24) is 4.90 Å². The topological polar surface area (TPSA) is 98.1 Å². The van der Waals surface area contributed by atoms with E-state index in [1.54, 1.807) is 0 Å². The highest BCUT2D eigenvalue weighted by Gasteiger charge is 2.53. The molecule has 3 N–H and O–H groups in total. The van der Waals surface area contributed by atoms with Gasteiger partial charge in [-0.1, -0.05) is 25.7 Å². The van der Waals surface area contributed by atoms with E-state index >= 15 is 0 Å². The van der Waals surface area contributed by atoms with Gasteiger partial charge in [0.15, 0.2) is 0 Å². The Labute approximate surface area is 107 Å². The minimum absolute atomic E-state index is 0.0148. The molecule has 104 valence electrons. The summed E-state index contributed by atoms with van der Waals surface area (Å²) in [5, 5.41) is 28.1. The molecular formula is C11H21NO5Si. The number of β-amino-alcohol motifs (C(OH)–C–C–N with tert-alkyl or cyclic N) is 1. The van der Waals surface area contributed by atoms with Gasteiger partial charge >= 0.3 is 12.1 Å². The van der Waals surface area contributed by atoms with Gasteiger partial charge in [0.05, 0.1) is 12.6 Å². The maximum atomic E-state index is 11.5. The van der Waals surface area contributed by atoms with Gasteiger partial charge in [0, 0.05) is 14.5 Å². The number of hydrogen-bond acceptors (Lipinski definition) is 3. The number of carboxylic acid groups (broad SMARTS) is 2. The van der Waals surface area contributed by atoms with Gasteiger partial charge in [0.2, 0.25) is 0 Å². The SMILES string of the molecule is C[Si](C)(C)CCC1(C(=O)O)CC(O)CN1C(=O)O. The highest BCUT2D eigenvalue weighted by atomic mass is 28.3. The lowest BCUT2D eigenvalue weighted by Gasteiger charge is -2.34. The number of carbonyl (C=O) groups is 2. The summed E-state index contributed by atoms with van der Waals surface area (Å²) in [6.07, 6.45) is -1.90. The Balaban J connectivity index is 2.98. The van der Waals surface area contributed by atoms with Crippen molar-refractivity contribution >= 4 is 20.1 Å². The summed E-state index contributed by atoms with van der Waals surface area (Å²) in [6, 6.07) is 0.718. The van der Waals surface area contributed by atoms with Crippen LogP contribution in [-0.4, -0.2) is 58.5 Å². The first kappa shape index (κ1) is 15.0.